The number of hydrogen-bond acceptors (Lipinski definition) is 5. The van der Waals surface area contributed by atoms with E-state index >= 15 is 0 Å². The summed E-state index contributed by atoms with van der Waals surface area (Å²) in [6.45, 7) is 3.13. The number of ether oxygens (including phenoxy) is 1. The maximum Gasteiger partial charge on any atom is 0.258 e. The number of nitrogens with zero attached hydrogens (tertiary/aromatic N) is 2. The van der Waals surface area contributed by atoms with Gasteiger partial charge in [0.15, 0.2) is 5.13 Å². The van der Waals surface area contributed by atoms with Crippen molar-refractivity contribution in [2.24, 2.45) is 0 Å². The van der Waals surface area contributed by atoms with Crippen LogP contribution in [0, 0.1) is 5.82 Å². The van der Waals surface area contributed by atoms with E-state index in [1.165, 1.54) is 12.1 Å². The Labute approximate surface area is 170 Å². The third kappa shape index (κ3) is 4.16. The Morgan fingerprint density at radius 3 is 2.64 bits per heavy atom. The molecule has 5 nitrogen and oxygen atoms in total. The summed E-state index contributed by atoms with van der Waals surface area (Å²) in [7, 11) is 0. The minimum atomic E-state index is -0.653. The van der Waals surface area contributed by atoms with Crippen molar-refractivity contribution < 1.29 is 13.9 Å². The first-order chi connectivity index (χ1) is 13.6. The number of halogens is 2. The van der Waals surface area contributed by atoms with Crippen LogP contribution in [0.3, 0.4) is 0 Å². The van der Waals surface area contributed by atoms with Crippen molar-refractivity contribution in [2.45, 2.75) is 0 Å². The van der Waals surface area contributed by atoms with Crippen molar-refractivity contribution >= 4 is 39.7 Å². The normalized spacial score (nSPS) is 14.1. The van der Waals surface area contributed by atoms with Crippen LogP contribution in [0.4, 0.5) is 15.2 Å². The Balaban J connectivity index is 1.45. The monoisotopic (exact) mass is 417 g/mol. The number of rotatable bonds is 4. The number of nitrogens with one attached hydrogen (secondary N) is 1. The zero-order chi connectivity index (χ0) is 19.5. The lowest BCUT2D eigenvalue weighted by Gasteiger charge is -2.26. The van der Waals surface area contributed by atoms with E-state index in [-0.39, 0.29) is 10.6 Å². The largest absolute Gasteiger partial charge is 0.378 e. The van der Waals surface area contributed by atoms with E-state index in [2.05, 4.69) is 10.2 Å². The molecule has 1 amide bonds. The molecule has 2 aromatic carbocycles. The van der Waals surface area contributed by atoms with Gasteiger partial charge in [0.25, 0.3) is 5.91 Å². The fraction of sp³-hybridized carbons (Fsp3) is 0.200. The second-order valence-electron chi connectivity index (χ2n) is 6.27. The zero-order valence-corrected chi connectivity index (χ0v) is 16.4. The van der Waals surface area contributed by atoms with E-state index in [4.69, 9.17) is 21.3 Å². The van der Waals surface area contributed by atoms with E-state index in [0.29, 0.717) is 5.69 Å². The minimum absolute atomic E-state index is 0.0527. The van der Waals surface area contributed by atoms with Gasteiger partial charge in [0, 0.05) is 34.7 Å². The third-order valence-electron chi connectivity index (χ3n) is 4.39. The van der Waals surface area contributed by atoms with Gasteiger partial charge in [-0.3, -0.25) is 4.79 Å². The van der Waals surface area contributed by atoms with Crippen molar-refractivity contribution in [3.63, 3.8) is 0 Å². The van der Waals surface area contributed by atoms with Gasteiger partial charge >= 0.3 is 0 Å². The number of anilines is 2. The van der Waals surface area contributed by atoms with Gasteiger partial charge < -0.3 is 15.0 Å². The Morgan fingerprint density at radius 1 is 1.18 bits per heavy atom. The van der Waals surface area contributed by atoms with Crippen molar-refractivity contribution in [3.8, 4) is 11.3 Å². The summed E-state index contributed by atoms with van der Waals surface area (Å²) in [5.41, 5.74) is 2.36. The van der Waals surface area contributed by atoms with Crippen molar-refractivity contribution in [3.05, 3.63) is 64.2 Å². The van der Waals surface area contributed by atoms with Gasteiger partial charge in [0.1, 0.15) is 5.82 Å². The minimum Gasteiger partial charge on any atom is -0.378 e. The fourth-order valence-electron chi connectivity index (χ4n) is 2.89. The lowest BCUT2D eigenvalue weighted by Crippen LogP contribution is -2.36. The molecule has 2 heterocycles. The maximum absolute atomic E-state index is 13.9. The molecule has 1 aliphatic heterocycles. The number of morpholine rings is 1. The second-order valence-corrected chi connectivity index (χ2v) is 7.54. The summed E-state index contributed by atoms with van der Waals surface area (Å²) in [5.74, 6) is -1.18. The summed E-state index contributed by atoms with van der Waals surface area (Å²) >= 11 is 7.33. The lowest BCUT2D eigenvalue weighted by molar-refractivity contribution is 0.102. The highest BCUT2D eigenvalue weighted by atomic mass is 35.5. The predicted molar refractivity (Wildman–Crippen MR) is 110 cm³/mol. The SMILES string of the molecule is O=C(Nc1ccc(-c2csc(N3CCOCC3)n2)cc1)c1ccc(Cl)cc1F. The van der Waals surface area contributed by atoms with Crippen LogP contribution in [0.1, 0.15) is 10.4 Å². The van der Waals surface area contributed by atoms with Gasteiger partial charge in [-0.05, 0) is 30.3 Å². The molecule has 28 heavy (non-hydrogen) atoms. The Kier molecular flexibility index (Phi) is 5.57. The molecule has 144 valence electrons. The maximum atomic E-state index is 13.9. The molecule has 0 saturated carbocycles. The van der Waals surface area contributed by atoms with Crippen LogP contribution in [0.25, 0.3) is 11.3 Å². The number of carbonyl (C=O) groups excluding carboxylic acids is 1. The van der Waals surface area contributed by atoms with Crippen LogP contribution in [0.2, 0.25) is 5.02 Å². The summed E-state index contributed by atoms with van der Waals surface area (Å²) in [6.07, 6.45) is 0. The van der Waals surface area contributed by atoms with Gasteiger partial charge in [-0.1, -0.05) is 23.7 Å². The molecule has 8 heteroatoms. The molecule has 0 radical (unpaired) electrons. The van der Waals surface area contributed by atoms with Gasteiger partial charge in [0.2, 0.25) is 0 Å². The molecule has 0 bridgehead atoms. The highest BCUT2D eigenvalue weighted by molar-refractivity contribution is 7.14. The topological polar surface area (TPSA) is 54.5 Å². The summed E-state index contributed by atoms with van der Waals surface area (Å²) < 4.78 is 19.3. The molecule has 0 atom stereocenters. The van der Waals surface area contributed by atoms with E-state index in [0.717, 1.165) is 48.8 Å². The summed E-state index contributed by atoms with van der Waals surface area (Å²) in [5, 5.41) is 5.94. The highest BCUT2D eigenvalue weighted by Gasteiger charge is 2.16. The second kappa shape index (κ2) is 8.26. The first kappa shape index (κ1) is 18.9. The van der Waals surface area contributed by atoms with E-state index in [9.17, 15) is 9.18 Å². The molecule has 1 aromatic heterocycles. The van der Waals surface area contributed by atoms with Gasteiger partial charge in [-0.25, -0.2) is 9.37 Å². The highest BCUT2D eigenvalue weighted by Crippen LogP contribution is 2.29. The summed E-state index contributed by atoms with van der Waals surface area (Å²) in [4.78, 5) is 19.2. The van der Waals surface area contributed by atoms with E-state index in [1.807, 2.05) is 17.5 Å². The molecule has 4 rings (SSSR count). The van der Waals surface area contributed by atoms with Gasteiger partial charge in [-0.15, -0.1) is 11.3 Å². The molecule has 1 N–H and O–H groups in total. The van der Waals surface area contributed by atoms with Crippen LogP contribution >= 0.6 is 22.9 Å². The first-order valence-corrected chi connectivity index (χ1v) is 10.0. The third-order valence-corrected chi connectivity index (χ3v) is 5.52. The van der Waals surface area contributed by atoms with Crippen molar-refractivity contribution in [1.29, 1.82) is 0 Å². The number of carbonyl (C=O) groups is 1. The van der Waals surface area contributed by atoms with Gasteiger partial charge in [-0.2, -0.15) is 0 Å². The number of aromatic nitrogens is 1. The van der Waals surface area contributed by atoms with Gasteiger partial charge in [0.05, 0.1) is 24.5 Å². The van der Waals surface area contributed by atoms with E-state index < -0.39 is 11.7 Å². The first-order valence-electron chi connectivity index (χ1n) is 8.75. The van der Waals surface area contributed by atoms with E-state index in [1.54, 1.807) is 23.5 Å². The zero-order valence-electron chi connectivity index (χ0n) is 14.8. The summed E-state index contributed by atoms with van der Waals surface area (Å²) in [6, 6.07) is 11.3. The average molecular weight is 418 g/mol. The molecule has 3 aromatic rings. The van der Waals surface area contributed by atoms with Crippen LogP contribution < -0.4 is 10.2 Å². The molecular weight excluding hydrogens is 401 g/mol. The van der Waals surface area contributed by atoms with Crippen LogP contribution in [-0.4, -0.2) is 37.2 Å². The molecule has 1 aliphatic rings. The molecule has 1 saturated heterocycles. The predicted octanol–water partition coefficient (Wildman–Crippen LogP) is 4.69. The number of amides is 1. The molecule has 1 fully saturated rings. The standard InChI is InChI=1S/C20H17ClFN3O2S/c21-14-3-6-16(17(22)11-14)19(26)23-15-4-1-13(2-5-15)18-12-28-20(24-18)25-7-9-27-10-8-25/h1-6,11-12H,7-10H2,(H,23,26). The molecule has 0 unspecified atom stereocenters. The smallest absolute Gasteiger partial charge is 0.258 e. The average Bonchev–Trinajstić information content (AvgIpc) is 3.19. The van der Waals surface area contributed by atoms with Crippen LogP contribution in [0.15, 0.2) is 47.8 Å². The van der Waals surface area contributed by atoms with Crippen LogP contribution in [-0.2, 0) is 4.74 Å². The Bertz CT molecular complexity index is 987. The number of benzene rings is 2. The number of thiazole rings is 1. The fourth-order valence-corrected chi connectivity index (χ4v) is 3.94. The van der Waals surface area contributed by atoms with Crippen molar-refractivity contribution in [2.75, 3.05) is 36.5 Å². The molecular formula is C20H17ClFN3O2S. The molecule has 0 spiro atoms. The number of hydrogen-bond donors (Lipinski definition) is 1. The Morgan fingerprint density at radius 2 is 1.93 bits per heavy atom. The Hall–Kier alpha value is -2.48. The van der Waals surface area contributed by atoms with Crippen molar-refractivity contribution in [1.82, 2.24) is 4.98 Å². The quantitative estimate of drug-likeness (QED) is 0.669. The lowest BCUT2D eigenvalue weighted by atomic mass is 10.1. The molecule has 0 aliphatic carbocycles. The van der Waals surface area contributed by atoms with Crippen LogP contribution in [0.5, 0.6) is 0 Å².